The van der Waals surface area contributed by atoms with Crippen LogP contribution in [0.3, 0.4) is 0 Å². The number of carbonyl (C=O) groups is 1. The van der Waals surface area contributed by atoms with Crippen LogP contribution in [0.5, 0.6) is 0 Å². The van der Waals surface area contributed by atoms with E-state index in [0.29, 0.717) is 19.1 Å². The van der Waals surface area contributed by atoms with Crippen LogP contribution in [0.4, 0.5) is 0 Å². The topological polar surface area (TPSA) is 41.1 Å². The minimum Gasteiger partial charge on any atom is -0.355 e. The monoisotopic (exact) mass is 252 g/mol. The van der Waals surface area contributed by atoms with E-state index in [4.69, 9.17) is 11.6 Å². The van der Waals surface area contributed by atoms with Crippen molar-refractivity contribution in [2.24, 2.45) is 0 Å². The normalized spacial score (nSPS) is 14.6. The fraction of sp³-hybridized carbons (Fsp3) is 0.462. The Labute approximate surface area is 107 Å². The molecule has 2 N–H and O–H groups in total. The van der Waals surface area contributed by atoms with Gasteiger partial charge in [0.1, 0.15) is 0 Å². The summed E-state index contributed by atoms with van der Waals surface area (Å²) in [6, 6.07) is 8.29. The summed E-state index contributed by atoms with van der Waals surface area (Å²) in [6.45, 7) is 1.09. The lowest BCUT2D eigenvalue weighted by molar-refractivity contribution is -0.120. The van der Waals surface area contributed by atoms with Gasteiger partial charge >= 0.3 is 0 Å². The molecule has 0 bridgehead atoms. The largest absolute Gasteiger partial charge is 0.355 e. The van der Waals surface area contributed by atoms with Gasteiger partial charge in [0.15, 0.2) is 0 Å². The molecule has 1 fully saturated rings. The third kappa shape index (κ3) is 4.75. The molecule has 0 unspecified atom stereocenters. The highest BCUT2D eigenvalue weighted by Gasteiger charge is 2.20. The summed E-state index contributed by atoms with van der Waals surface area (Å²) < 4.78 is 0. The number of carbonyl (C=O) groups excluding carboxylic acids is 1. The predicted octanol–water partition coefficient (Wildman–Crippen LogP) is 1.75. The Bertz CT molecular complexity index is 391. The van der Waals surface area contributed by atoms with Crippen LogP contribution in [0.15, 0.2) is 24.3 Å². The zero-order chi connectivity index (χ0) is 12.1. The smallest absolute Gasteiger partial charge is 0.233 e. The van der Waals surface area contributed by atoms with Gasteiger partial charge in [0.2, 0.25) is 5.91 Å². The molecular weight excluding hydrogens is 236 g/mol. The number of benzene rings is 1. The molecule has 0 heterocycles. The Morgan fingerprint density at radius 1 is 1.41 bits per heavy atom. The van der Waals surface area contributed by atoms with Crippen molar-refractivity contribution in [1.29, 1.82) is 0 Å². The van der Waals surface area contributed by atoms with Crippen LogP contribution in [-0.2, 0) is 11.2 Å². The first-order chi connectivity index (χ1) is 8.24. The van der Waals surface area contributed by atoms with Crippen LogP contribution in [-0.4, -0.2) is 25.0 Å². The molecule has 1 aliphatic rings. The molecule has 1 aliphatic carbocycles. The maximum Gasteiger partial charge on any atom is 0.233 e. The number of rotatable bonds is 6. The van der Waals surface area contributed by atoms with Gasteiger partial charge in [-0.05, 0) is 37.0 Å². The molecule has 2 rings (SSSR count). The quantitative estimate of drug-likeness (QED) is 0.810. The van der Waals surface area contributed by atoms with Gasteiger partial charge in [0.05, 0.1) is 6.54 Å². The zero-order valence-electron chi connectivity index (χ0n) is 9.71. The lowest BCUT2D eigenvalue weighted by Gasteiger charge is -2.06. The molecule has 0 aliphatic heterocycles. The summed E-state index contributed by atoms with van der Waals surface area (Å²) >= 11 is 5.88. The Kier molecular flexibility index (Phi) is 4.40. The second-order valence-electron chi connectivity index (χ2n) is 4.39. The van der Waals surface area contributed by atoms with Crippen molar-refractivity contribution in [1.82, 2.24) is 10.6 Å². The number of halogens is 1. The predicted molar refractivity (Wildman–Crippen MR) is 69.2 cm³/mol. The summed E-state index contributed by atoms with van der Waals surface area (Å²) in [7, 11) is 0. The molecule has 3 nitrogen and oxygen atoms in total. The molecule has 0 saturated heterocycles. The third-order valence-electron chi connectivity index (χ3n) is 2.75. The van der Waals surface area contributed by atoms with E-state index >= 15 is 0 Å². The molecule has 4 heteroatoms. The first-order valence-electron chi connectivity index (χ1n) is 5.98. The van der Waals surface area contributed by atoms with Gasteiger partial charge in [-0.3, -0.25) is 4.79 Å². The molecule has 0 atom stereocenters. The van der Waals surface area contributed by atoms with E-state index in [0.717, 1.165) is 17.0 Å². The minimum absolute atomic E-state index is 0.0685. The van der Waals surface area contributed by atoms with Gasteiger partial charge in [0.25, 0.3) is 0 Å². The van der Waals surface area contributed by atoms with Crippen LogP contribution in [0.1, 0.15) is 18.4 Å². The number of amides is 1. The molecule has 0 spiro atoms. The number of nitrogens with one attached hydrogen (secondary N) is 2. The lowest BCUT2D eigenvalue weighted by Crippen LogP contribution is -2.35. The van der Waals surface area contributed by atoms with Crippen LogP contribution < -0.4 is 10.6 Å². The maximum absolute atomic E-state index is 11.4. The minimum atomic E-state index is 0.0685. The first kappa shape index (κ1) is 12.4. The summed E-state index contributed by atoms with van der Waals surface area (Å²) in [5.74, 6) is 0.0685. The average molecular weight is 253 g/mol. The Morgan fingerprint density at radius 2 is 2.24 bits per heavy atom. The van der Waals surface area contributed by atoms with Crippen LogP contribution >= 0.6 is 11.6 Å². The molecule has 1 saturated carbocycles. The van der Waals surface area contributed by atoms with Crippen molar-refractivity contribution in [3.63, 3.8) is 0 Å². The van der Waals surface area contributed by atoms with E-state index < -0.39 is 0 Å². The molecule has 1 amide bonds. The van der Waals surface area contributed by atoms with Crippen molar-refractivity contribution in [2.45, 2.75) is 25.3 Å². The average Bonchev–Trinajstić information content (AvgIpc) is 3.10. The van der Waals surface area contributed by atoms with Gasteiger partial charge in [0, 0.05) is 17.6 Å². The summed E-state index contributed by atoms with van der Waals surface area (Å²) in [5.41, 5.74) is 1.15. The Hall–Kier alpha value is -1.06. The summed E-state index contributed by atoms with van der Waals surface area (Å²) in [6.07, 6.45) is 3.22. The summed E-state index contributed by atoms with van der Waals surface area (Å²) in [4.78, 5) is 11.4. The van der Waals surface area contributed by atoms with Gasteiger partial charge in [-0.1, -0.05) is 23.7 Å². The first-order valence-corrected chi connectivity index (χ1v) is 6.36. The van der Waals surface area contributed by atoms with Crippen LogP contribution in [0.25, 0.3) is 0 Å². The SMILES string of the molecule is O=C(CNC1CC1)NCCc1cccc(Cl)c1. The summed E-state index contributed by atoms with van der Waals surface area (Å²) in [5, 5.41) is 6.81. The maximum atomic E-state index is 11.4. The molecule has 0 radical (unpaired) electrons. The molecule has 92 valence electrons. The Morgan fingerprint density at radius 3 is 2.94 bits per heavy atom. The second kappa shape index (κ2) is 6.03. The standard InChI is InChI=1S/C13H17ClN2O/c14-11-3-1-2-10(8-11)6-7-15-13(17)9-16-12-4-5-12/h1-3,8,12,16H,4-7,9H2,(H,15,17). The van der Waals surface area contributed by atoms with Gasteiger partial charge in [-0.25, -0.2) is 0 Å². The zero-order valence-corrected chi connectivity index (χ0v) is 10.5. The van der Waals surface area contributed by atoms with Crippen LogP contribution in [0, 0.1) is 0 Å². The van der Waals surface area contributed by atoms with Gasteiger partial charge in [-0.15, -0.1) is 0 Å². The highest BCUT2D eigenvalue weighted by molar-refractivity contribution is 6.30. The fourth-order valence-electron chi connectivity index (χ4n) is 1.63. The lowest BCUT2D eigenvalue weighted by atomic mass is 10.1. The van der Waals surface area contributed by atoms with Crippen molar-refractivity contribution in [3.05, 3.63) is 34.9 Å². The second-order valence-corrected chi connectivity index (χ2v) is 4.82. The van der Waals surface area contributed by atoms with Gasteiger partial charge in [-0.2, -0.15) is 0 Å². The van der Waals surface area contributed by atoms with Crippen molar-refractivity contribution in [3.8, 4) is 0 Å². The van der Waals surface area contributed by atoms with Gasteiger partial charge < -0.3 is 10.6 Å². The Balaban J connectivity index is 1.62. The van der Waals surface area contributed by atoms with Crippen molar-refractivity contribution < 1.29 is 4.79 Å². The van der Waals surface area contributed by atoms with E-state index in [9.17, 15) is 4.79 Å². The highest BCUT2D eigenvalue weighted by atomic mass is 35.5. The highest BCUT2D eigenvalue weighted by Crippen LogP contribution is 2.17. The van der Waals surface area contributed by atoms with Crippen molar-refractivity contribution >= 4 is 17.5 Å². The molecule has 0 aromatic heterocycles. The molecule has 1 aromatic carbocycles. The fourth-order valence-corrected chi connectivity index (χ4v) is 1.84. The molecular formula is C13H17ClN2O. The van der Waals surface area contributed by atoms with E-state index in [1.165, 1.54) is 12.8 Å². The molecule has 1 aromatic rings. The van der Waals surface area contributed by atoms with Crippen molar-refractivity contribution in [2.75, 3.05) is 13.1 Å². The van der Waals surface area contributed by atoms with E-state index in [1.54, 1.807) is 0 Å². The van der Waals surface area contributed by atoms with E-state index in [-0.39, 0.29) is 5.91 Å². The van der Waals surface area contributed by atoms with E-state index in [1.807, 2.05) is 24.3 Å². The van der Waals surface area contributed by atoms with Crippen LogP contribution in [0.2, 0.25) is 5.02 Å². The molecule has 17 heavy (non-hydrogen) atoms. The number of hydrogen-bond acceptors (Lipinski definition) is 2. The third-order valence-corrected chi connectivity index (χ3v) is 2.99. The number of hydrogen-bond donors (Lipinski definition) is 2. The van der Waals surface area contributed by atoms with E-state index in [2.05, 4.69) is 10.6 Å².